The minimum atomic E-state index is 0.00181. The molecule has 1 fully saturated rings. The molecule has 0 saturated carbocycles. The van der Waals surface area contributed by atoms with Gasteiger partial charge in [0.1, 0.15) is 5.69 Å². The van der Waals surface area contributed by atoms with E-state index in [1.54, 1.807) is 0 Å². The van der Waals surface area contributed by atoms with Crippen molar-refractivity contribution >= 4 is 22.6 Å². The number of aryl methyl sites for hydroxylation is 1. The number of likely N-dealkylation sites (tertiary alicyclic amines) is 1. The Morgan fingerprint density at radius 3 is 2.90 bits per heavy atom. The van der Waals surface area contributed by atoms with Crippen molar-refractivity contribution in [2.75, 3.05) is 18.4 Å². The number of aromatic nitrogens is 3. The summed E-state index contributed by atoms with van der Waals surface area (Å²) in [5, 5.41) is 11.9. The third-order valence-corrected chi connectivity index (χ3v) is 6.40. The van der Waals surface area contributed by atoms with Crippen molar-refractivity contribution in [3.8, 4) is 11.3 Å². The number of hydrogen-bond donors (Lipinski definition) is 2. The Bertz CT molecular complexity index is 1100. The van der Waals surface area contributed by atoms with Gasteiger partial charge in [-0.25, -0.2) is 4.79 Å². The second-order valence-electron chi connectivity index (χ2n) is 8.76. The van der Waals surface area contributed by atoms with E-state index in [0.29, 0.717) is 12.6 Å². The van der Waals surface area contributed by atoms with Gasteiger partial charge in [0, 0.05) is 53.7 Å². The highest BCUT2D eigenvalue weighted by atomic mass is 16.2. The predicted octanol–water partition coefficient (Wildman–Crippen LogP) is 4.15. The molecule has 0 unspecified atom stereocenters. The summed E-state index contributed by atoms with van der Waals surface area (Å²) in [5.74, 6) is 0. The number of pyridine rings is 1. The lowest BCUT2D eigenvalue weighted by Gasteiger charge is -2.42. The van der Waals surface area contributed by atoms with E-state index < -0.39 is 0 Å². The molecule has 7 nitrogen and oxygen atoms in total. The van der Waals surface area contributed by atoms with Crippen LogP contribution in [0.15, 0.2) is 30.5 Å². The van der Waals surface area contributed by atoms with Crippen LogP contribution in [0.25, 0.3) is 22.2 Å². The SMILES string of the molecule is Cc1cc(-c2n[nH]c3cc4c(cc23)CN([C@@H]2CCCN(C(C)C)C2)C(=O)N4)ccn1. The largest absolute Gasteiger partial charge is 0.322 e. The van der Waals surface area contributed by atoms with Gasteiger partial charge in [0.05, 0.1) is 5.52 Å². The summed E-state index contributed by atoms with van der Waals surface area (Å²) in [6, 6.07) is 8.97. The summed E-state index contributed by atoms with van der Waals surface area (Å²) in [4.78, 5) is 21.7. The minimum Gasteiger partial charge on any atom is -0.316 e. The zero-order valence-electron chi connectivity index (χ0n) is 17.8. The lowest BCUT2D eigenvalue weighted by molar-refractivity contribution is 0.0941. The van der Waals surface area contributed by atoms with Gasteiger partial charge in [-0.05, 0) is 70.0 Å². The summed E-state index contributed by atoms with van der Waals surface area (Å²) in [7, 11) is 0. The highest BCUT2D eigenvalue weighted by molar-refractivity contribution is 6.00. The molecule has 1 aromatic carbocycles. The van der Waals surface area contributed by atoms with Gasteiger partial charge in [-0.1, -0.05) is 0 Å². The van der Waals surface area contributed by atoms with E-state index in [0.717, 1.165) is 65.0 Å². The standard InChI is InChI=1S/C23H28N6O/c1-14(2)28-8-4-5-18(13-28)29-12-17-10-19-21(11-20(17)25-23(29)30)26-27-22(19)16-6-7-24-15(3)9-16/h6-7,9-11,14,18H,4-5,8,12-13H2,1-3H3,(H,25,30)(H,26,27)/t18-/m1/s1. The lowest BCUT2D eigenvalue weighted by atomic mass is 9.99. The van der Waals surface area contributed by atoms with Gasteiger partial charge in [0.15, 0.2) is 0 Å². The molecule has 2 aliphatic heterocycles. The van der Waals surface area contributed by atoms with Crippen LogP contribution in [-0.2, 0) is 6.54 Å². The van der Waals surface area contributed by atoms with Crippen molar-refractivity contribution in [2.24, 2.45) is 0 Å². The third-order valence-electron chi connectivity index (χ3n) is 6.40. The second-order valence-corrected chi connectivity index (χ2v) is 8.76. The molecule has 0 aliphatic carbocycles. The summed E-state index contributed by atoms with van der Waals surface area (Å²) >= 11 is 0. The molecule has 4 heterocycles. The number of hydrogen-bond acceptors (Lipinski definition) is 4. The molecule has 1 saturated heterocycles. The number of fused-ring (bicyclic) bond motifs is 2. The van der Waals surface area contributed by atoms with Crippen LogP contribution in [0.1, 0.15) is 37.9 Å². The van der Waals surface area contributed by atoms with E-state index in [9.17, 15) is 4.79 Å². The molecular formula is C23H28N6O. The maximum atomic E-state index is 12.9. The summed E-state index contributed by atoms with van der Waals surface area (Å²) in [5.41, 5.74) is 5.87. The van der Waals surface area contributed by atoms with E-state index in [2.05, 4.69) is 45.3 Å². The second kappa shape index (κ2) is 7.40. The normalized spacial score (nSPS) is 19.9. The van der Waals surface area contributed by atoms with Crippen molar-refractivity contribution in [1.82, 2.24) is 25.0 Å². The summed E-state index contributed by atoms with van der Waals surface area (Å²) < 4.78 is 0. The van der Waals surface area contributed by atoms with Crippen LogP contribution in [-0.4, -0.2) is 56.2 Å². The zero-order chi connectivity index (χ0) is 20.8. The number of aromatic amines is 1. The molecule has 3 aromatic rings. The van der Waals surface area contributed by atoms with Crippen LogP contribution >= 0.6 is 0 Å². The van der Waals surface area contributed by atoms with Crippen molar-refractivity contribution in [3.05, 3.63) is 41.7 Å². The monoisotopic (exact) mass is 404 g/mol. The Balaban J connectivity index is 1.48. The molecule has 0 bridgehead atoms. The Kier molecular flexibility index (Phi) is 4.70. The molecule has 30 heavy (non-hydrogen) atoms. The van der Waals surface area contributed by atoms with Gasteiger partial charge in [0.25, 0.3) is 0 Å². The highest BCUT2D eigenvalue weighted by Crippen LogP contribution is 2.34. The van der Waals surface area contributed by atoms with Crippen LogP contribution in [0.2, 0.25) is 0 Å². The number of nitrogens with zero attached hydrogens (tertiary/aromatic N) is 4. The van der Waals surface area contributed by atoms with E-state index in [-0.39, 0.29) is 12.1 Å². The highest BCUT2D eigenvalue weighted by Gasteiger charge is 2.33. The summed E-state index contributed by atoms with van der Waals surface area (Å²) in [6.45, 7) is 9.13. The first-order valence-corrected chi connectivity index (χ1v) is 10.8. The first-order chi connectivity index (χ1) is 14.5. The Hall–Kier alpha value is -2.93. The van der Waals surface area contributed by atoms with Gasteiger partial charge in [-0.3, -0.25) is 15.0 Å². The number of urea groups is 1. The molecule has 156 valence electrons. The Morgan fingerprint density at radius 1 is 1.23 bits per heavy atom. The number of carbonyl (C=O) groups excluding carboxylic acids is 1. The molecule has 0 radical (unpaired) electrons. The van der Waals surface area contributed by atoms with E-state index in [4.69, 9.17) is 0 Å². The number of rotatable bonds is 3. The van der Waals surface area contributed by atoms with Gasteiger partial charge >= 0.3 is 6.03 Å². The van der Waals surface area contributed by atoms with Crippen molar-refractivity contribution in [2.45, 2.75) is 52.2 Å². The smallest absolute Gasteiger partial charge is 0.316 e. The van der Waals surface area contributed by atoms with Gasteiger partial charge in [-0.15, -0.1) is 0 Å². The van der Waals surface area contributed by atoms with E-state index in [1.165, 1.54) is 0 Å². The molecule has 2 N–H and O–H groups in total. The average molecular weight is 405 g/mol. The number of nitrogens with one attached hydrogen (secondary N) is 2. The number of anilines is 1. The number of amides is 2. The molecule has 2 aromatic heterocycles. The molecular weight excluding hydrogens is 376 g/mol. The molecule has 0 spiro atoms. The fraction of sp³-hybridized carbons (Fsp3) is 0.435. The van der Waals surface area contributed by atoms with Crippen molar-refractivity contribution in [3.63, 3.8) is 0 Å². The minimum absolute atomic E-state index is 0.00181. The van der Waals surface area contributed by atoms with Crippen LogP contribution < -0.4 is 5.32 Å². The molecule has 7 heteroatoms. The summed E-state index contributed by atoms with van der Waals surface area (Å²) in [6.07, 6.45) is 4.00. The van der Waals surface area contributed by atoms with Crippen LogP contribution in [0, 0.1) is 6.92 Å². The van der Waals surface area contributed by atoms with E-state index >= 15 is 0 Å². The molecule has 5 rings (SSSR count). The first kappa shape index (κ1) is 19.1. The number of H-pyrrole nitrogens is 1. The van der Waals surface area contributed by atoms with Crippen molar-refractivity contribution in [1.29, 1.82) is 0 Å². The first-order valence-electron chi connectivity index (χ1n) is 10.8. The van der Waals surface area contributed by atoms with Crippen molar-refractivity contribution < 1.29 is 4.79 Å². The maximum absolute atomic E-state index is 12.9. The average Bonchev–Trinajstić information content (AvgIpc) is 3.14. The quantitative estimate of drug-likeness (QED) is 0.687. The maximum Gasteiger partial charge on any atom is 0.322 e. The molecule has 2 amide bonds. The Morgan fingerprint density at radius 2 is 2.10 bits per heavy atom. The fourth-order valence-electron chi connectivity index (χ4n) is 4.71. The third kappa shape index (κ3) is 3.33. The Labute approximate surface area is 176 Å². The van der Waals surface area contributed by atoms with Gasteiger partial charge in [-0.2, -0.15) is 5.10 Å². The predicted molar refractivity (Wildman–Crippen MR) is 118 cm³/mol. The van der Waals surface area contributed by atoms with Gasteiger partial charge in [0.2, 0.25) is 0 Å². The van der Waals surface area contributed by atoms with Crippen LogP contribution in [0.4, 0.5) is 10.5 Å². The lowest BCUT2D eigenvalue weighted by Crippen LogP contribution is -2.53. The number of carbonyl (C=O) groups is 1. The number of benzene rings is 1. The number of piperidine rings is 1. The fourth-order valence-corrected chi connectivity index (χ4v) is 4.71. The molecule has 2 aliphatic rings. The van der Waals surface area contributed by atoms with Crippen LogP contribution in [0.5, 0.6) is 0 Å². The van der Waals surface area contributed by atoms with E-state index in [1.807, 2.05) is 36.2 Å². The topological polar surface area (TPSA) is 77.2 Å². The molecule has 1 atom stereocenters. The van der Waals surface area contributed by atoms with Gasteiger partial charge < -0.3 is 10.2 Å². The zero-order valence-corrected chi connectivity index (χ0v) is 17.8. The van der Waals surface area contributed by atoms with Crippen LogP contribution in [0.3, 0.4) is 0 Å².